The Kier molecular flexibility index (Phi) is 2.25. The van der Waals surface area contributed by atoms with Crippen molar-refractivity contribution in [2.45, 2.75) is 57.9 Å². The molecule has 0 amide bonds. The lowest BCUT2D eigenvalue weighted by molar-refractivity contribution is 0.253. The molecule has 0 aromatic carbocycles. The molecule has 2 fully saturated rings. The van der Waals surface area contributed by atoms with Gasteiger partial charge < -0.3 is 4.57 Å². The zero-order chi connectivity index (χ0) is 11.3. The van der Waals surface area contributed by atoms with Crippen molar-refractivity contribution in [2.24, 2.45) is 5.41 Å². The quantitative estimate of drug-likeness (QED) is 0.798. The Morgan fingerprint density at radius 3 is 2.69 bits per heavy atom. The normalized spacial score (nSPS) is 28.5. The minimum atomic E-state index is 0.367. The van der Waals surface area contributed by atoms with E-state index in [1.807, 2.05) is 0 Å². The van der Waals surface area contributed by atoms with Gasteiger partial charge in [-0.2, -0.15) is 5.10 Å². The first-order valence-corrected chi connectivity index (χ1v) is 6.67. The molecule has 88 valence electrons. The maximum absolute atomic E-state index is 5.40. The Labute approximate surface area is 101 Å². The third-order valence-corrected chi connectivity index (χ3v) is 4.47. The molecule has 2 aliphatic rings. The Hall–Kier alpha value is -0.640. The average Bonchev–Trinajstić information content (AvgIpc) is 2.91. The summed E-state index contributed by atoms with van der Waals surface area (Å²) < 4.78 is 3.14. The van der Waals surface area contributed by atoms with Gasteiger partial charge in [-0.3, -0.25) is 5.10 Å². The molecule has 2 saturated carbocycles. The van der Waals surface area contributed by atoms with E-state index in [1.54, 1.807) is 0 Å². The van der Waals surface area contributed by atoms with Crippen molar-refractivity contribution in [3.8, 4) is 0 Å². The van der Waals surface area contributed by atoms with Gasteiger partial charge in [-0.1, -0.05) is 20.3 Å². The average molecular weight is 237 g/mol. The topological polar surface area (TPSA) is 33.6 Å². The number of hydrogen-bond acceptors (Lipinski definition) is 2. The van der Waals surface area contributed by atoms with Crippen molar-refractivity contribution in [3.05, 3.63) is 10.6 Å². The molecule has 0 saturated heterocycles. The largest absolute Gasteiger partial charge is 0.300 e. The molecule has 3 nitrogen and oxygen atoms in total. The smallest absolute Gasteiger partial charge is 0.195 e. The van der Waals surface area contributed by atoms with Gasteiger partial charge in [0.1, 0.15) is 5.82 Å². The fraction of sp³-hybridized carbons (Fsp3) is 0.833. The van der Waals surface area contributed by atoms with Gasteiger partial charge in [0.25, 0.3) is 0 Å². The highest BCUT2D eigenvalue weighted by Gasteiger charge is 2.39. The molecule has 0 spiro atoms. The SMILES string of the molecule is CC1(C)CCCC1n1c(C2CC2)n[nH]c1=S. The Balaban J connectivity index is 2.05. The van der Waals surface area contributed by atoms with Crippen LogP contribution < -0.4 is 0 Å². The van der Waals surface area contributed by atoms with E-state index < -0.39 is 0 Å². The first kappa shape index (κ1) is 10.5. The summed E-state index contributed by atoms with van der Waals surface area (Å²) in [6.07, 6.45) is 6.43. The Bertz CT molecular complexity index is 453. The van der Waals surface area contributed by atoms with Gasteiger partial charge in [-0.25, -0.2) is 0 Å². The highest BCUT2D eigenvalue weighted by Crippen LogP contribution is 2.48. The second-order valence-electron chi connectivity index (χ2n) is 5.93. The van der Waals surface area contributed by atoms with E-state index in [0.29, 0.717) is 17.4 Å². The first-order chi connectivity index (χ1) is 7.59. The predicted molar refractivity (Wildman–Crippen MR) is 66.1 cm³/mol. The molecule has 0 radical (unpaired) electrons. The standard InChI is InChI=1S/C12H19N3S/c1-12(2)7-3-4-9(12)15-10(8-5-6-8)13-14-11(15)16/h8-9H,3-7H2,1-2H3,(H,14,16). The van der Waals surface area contributed by atoms with E-state index in [-0.39, 0.29) is 0 Å². The molecule has 0 bridgehead atoms. The fourth-order valence-corrected chi connectivity index (χ4v) is 3.30. The Morgan fingerprint density at radius 1 is 1.38 bits per heavy atom. The molecular weight excluding hydrogens is 218 g/mol. The van der Waals surface area contributed by atoms with Crippen molar-refractivity contribution in [2.75, 3.05) is 0 Å². The van der Waals surface area contributed by atoms with Crippen molar-refractivity contribution in [1.82, 2.24) is 14.8 Å². The first-order valence-electron chi connectivity index (χ1n) is 6.26. The van der Waals surface area contributed by atoms with Gasteiger partial charge in [0.05, 0.1) is 0 Å². The molecule has 1 aromatic heterocycles. The summed E-state index contributed by atoms with van der Waals surface area (Å²) in [6.45, 7) is 4.71. The van der Waals surface area contributed by atoms with Gasteiger partial charge in [-0.05, 0) is 43.3 Å². The molecule has 2 aliphatic carbocycles. The minimum Gasteiger partial charge on any atom is -0.300 e. The van der Waals surface area contributed by atoms with Crippen molar-refractivity contribution >= 4 is 12.2 Å². The molecule has 3 rings (SSSR count). The lowest BCUT2D eigenvalue weighted by atomic mass is 9.87. The minimum absolute atomic E-state index is 0.367. The molecule has 1 heterocycles. The number of rotatable bonds is 2. The lowest BCUT2D eigenvalue weighted by Gasteiger charge is -2.29. The van der Waals surface area contributed by atoms with Crippen LogP contribution in [0, 0.1) is 10.2 Å². The van der Waals surface area contributed by atoms with Crippen molar-refractivity contribution in [3.63, 3.8) is 0 Å². The lowest BCUT2D eigenvalue weighted by Crippen LogP contribution is -2.23. The van der Waals surface area contributed by atoms with E-state index in [1.165, 1.54) is 37.9 Å². The van der Waals surface area contributed by atoms with Gasteiger partial charge >= 0.3 is 0 Å². The molecule has 1 N–H and O–H groups in total. The van der Waals surface area contributed by atoms with Crippen LogP contribution in [0.25, 0.3) is 0 Å². The number of aromatic amines is 1. The van der Waals surface area contributed by atoms with Crippen LogP contribution in [0.2, 0.25) is 0 Å². The highest BCUT2D eigenvalue weighted by atomic mass is 32.1. The molecular formula is C12H19N3S. The predicted octanol–water partition coefficient (Wildman–Crippen LogP) is 3.57. The van der Waals surface area contributed by atoms with E-state index in [2.05, 4.69) is 28.6 Å². The molecule has 1 aromatic rings. The van der Waals surface area contributed by atoms with Crippen LogP contribution in [0.3, 0.4) is 0 Å². The second kappa shape index (κ2) is 3.42. The van der Waals surface area contributed by atoms with Gasteiger partial charge in [0.2, 0.25) is 0 Å². The number of nitrogens with one attached hydrogen (secondary N) is 1. The third-order valence-electron chi connectivity index (χ3n) is 4.19. The van der Waals surface area contributed by atoms with Crippen LogP contribution in [0.1, 0.15) is 63.7 Å². The third kappa shape index (κ3) is 1.54. The molecule has 1 unspecified atom stereocenters. The number of hydrogen-bond donors (Lipinski definition) is 1. The number of nitrogens with zero attached hydrogens (tertiary/aromatic N) is 2. The zero-order valence-corrected chi connectivity index (χ0v) is 10.8. The molecule has 4 heteroatoms. The Morgan fingerprint density at radius 2 is 2.12 bits per heavy atom. The monoisotopic (exact) mass is 237 g/mol. The number of H-pyrrole nitrogens is 1. The summed E-state index contributed by atoms with van der Waals surface area (Å²) in [5, 5.41) is 7.42. The van der Waals surface area contributed by atoms with Crippen LogP contribution in [0.4, 0.5) is 0 Å². The summed E-state index contributed by atoms with van der Waals surface area (Å²) in [7, 11) is 0. The van der Waals surface area contributed by atoms with Crippen LogP contribution in [-0.4, -0.2) is 14.8 Å². The van der Waals surface area contributed by atoms with E-state index in [0.717, 1.165) is 4.77 Å². The molecule has 0 aliphatic heterocycles. The van der Waals surface area contributed by atoms with Gasteiger partial charge in [0, 0.05) is 12.0 Å². The maximum atomic E-state index is 5.40. The molecule has 1 atom stereocenters. The summed E-state index contributed by atoms with van der Waals surface area (Å²) in [5.41, 5.74) is 0.367. The van der Waals surface area contributed by atoms with Crippen LogP contribution in [0.15, 0.2) is 0 Å². The highest BCUT2D eigenvalue weighted by molar-refractivity contribution is 7.71. The summed E-state index contributed by atoms with van der Waals surface area (Å²) >= 11 is 5.40. The summed E-state index contributed by atoms with van der Waals surface area (Å²) in [4.78, 5) is 0. The van der Waals surface area contributed by atoms with Crippen LogP contribution >= 0.6 is 12.2 Å². The van der Waals surface area contributed by atoms with E-state index in [4.69, 9.17) is 12.2 Å². The van der Waals surface area contributed by atoms with Crippen molar-refractivity contribution < 1.29 is 0 Å². The zero-order valence-electron chi connectivity index (χ0n) is 9.99. The fourth-order valence-electron chi connectivity index (χ4n) is 3.03. The van der Waals surface area contributed by atoms with Crippen LogP contribution in [0.5, 0.6) is 0 Å². The van der Waals surface area contributed by atoms with E-state index >= 15 is 0 Å². The van der Waals surface area contributed by atoms with Crippen molar-refractivity contribution in [1.29, 1.82) is 0 Å². The maximum Gasteiger partial charge on any atom is 0.195 e. The van der Waals surface area contributed by atoms with Gasteiger partial charge in [0.15, 0.2) is 4.77 Å². The second-order valence-corrected chi connectivity index (χ2v) is 6.31. The van der Waals surface area contributed by atoms with Gasteiger partial charge in [-0.15, -0.1) is 0 Å². The summed E-state index contributed by atoms with van der Waals surface area (Å²) in [5.74, 6) is 1.88. The van der Waals surface area contributed by atoms with E-state index in [9.17, 15) is 0 Å². The molecule has 16 heavy (non-hydrogen) atoms. The summed E-state index contributed by atoms with van der Waals surface area (Å²) in [6, 6.07) is 0.550. The van der Waals surface area contributed by atoms with Crippen LogP contribution in [-0.2, 0) is 0 Å². The number of aromatic nitrogens is 3.